The van der Waals surface area contributed by atoms with Crippen molar-refractivity contribution in [2.24, 2.45) is 0 Å². The van der Waals surface area contributed by atoms with Gasteiger partial charge in [0.05, 0.1) is 25.1 Å². The minimum absolute atomic E-state index is 0.143. The van der Waals surface area contributed by atoms with E-state index in [1.54, 1.807) is 18.3 Å². The molecule has 0 spiro atoms. The molecule has 102 valence electrons. The first-order valence-electron chi connectivity index (χ1n) is 6.39. The molecule has 1 aromatic carbocycles. The molecular formula is C15H14N2O3. The highest BCUT2D eigenvalue weighted by Gasteiger charge is 2.15. The number of nitrogens with one attached hydrogen (secondary N) is 1. The number of aliphatic hydroxyl groups is 1. The van der Waals surface area contributed by atoms with Crippen LogP contribution in [0.25, 0.3) is 0 Å². The average molecular weight is 270 g/mol. The molecule has 0 saturated heterocycles. The highest BCUT2D eigenvalue weighted by Crippen LogP contribution is 2.26. The van der Waals surface area contributed by atoms with Crippen LogP contribution in [0.1, 0.15) is 21.5 Å². The van der Waals surface area contributed by atoms with E-state index in [2.05, 4.69) is 10.3 Å². The molecule has 0 saturated carbocycles. The third kappa shape index (κ3) is 2.35. The third-order valence-electron chi connectivity index (χ3n) is 3.28. The first-order valence-corrected chi connectivity index (χ1v) is 6.39. The van der Waals surface area contributed by atoms with Gasteiger partial charge in [-0.2, -0.15) is 0 Å². The first-order chi connectivity index (χ1) is 9.78. The minimum Gasteiger partial charge on any atom is -0.493 e. The number of hydrogen-bond acceptors (Lipinski definition) is 4. The predicted octanol–water partition coefficient (Wildman–Crippen LogP) is 1.76. The van der Waals surface area contributed by atoms with Crippen LogP contribution in [0.3, 0.4) is 0 Å². The van der Waals surface area contributed by atoms with E-state index in [1.807, 2.05) is 12.1 Å². The summed E-state index contributed by atoms with van der Waals surface area (Å²) in [6, 6.07) is 7.06. The molecule has 2 heterocycles. The molecule has 2 aromatic rings. The standard InChI is InChI=1S/C15H14N2O3/c18-9-12-3-5-16-8-13(12)17-15(19)11-1-2-14-10(7-11)4-6-20-14/h1-3,5,7-8,18H,4,6,9H2,(H,17,19). The molecule has 5 heteroatoms. The molecule has 0 fully saturated rings. The number of benzene rings is 1. The van der Waals surface area contributed by atoms with Crippen LogP contribution >= 0.6 is 0 Å². The van der Waals surface area contributed by atoms with Crippen LogP contribution in [0.4, 0.5) is 5.69 Å². The van der Waals surface area contributed by atoms with Crippen molar-refractivity contribution < 1.29 is 14.6 Å². The van der Waals surface area contributed by atoms with Gasteiger partial charge in [0, 0.05) is 23.7 Å². The number of fused-ring (bicyclic) bond motifs is 1. The van der Waals surface area contributed by atoms with Crippen molar-refractivity contribution in [1.29, 1.82) is 0 Å². The monoisotopic (exact) mass is 270 g/mol. The fourth-order valence-corrected chi connectivity index (χ4v) is 2.20. The van der Waals surface area contributed by atoms with Crippen LogP contribution in [0.15, 0.2) is 36.7 Å². The quantitative estimate of drug-likeness (QED) is 0.891. The number of amides is 1. The summed E-state index contributed by atoms with van der Waals surface area (Å²) in [4.78, 5) is 16.2. The maximum absolute atomic E-state index is 12.2. The molecule has 1 aliphatic heterocycles. The largest absolute Gasteiger partial charge is 0.493 e. The second kappa shape index (κ2) is 5.30. The van der Waals surface area contributed by atoms with Gasteiger partial charge in [0.2, 0.25) is 0 Å². The average Bonchev–Trinajstić information content (AvgIpc) is 2.95. The molecule has 2 N–H and O–H groups in total. The third-order valence-corrected chi connectivity index (χ3v) is 3.28. The normalized spacial score (nSPS) is 12.7. The van der Waals surface area contributed by atoms with E-state index < -0.39 is 0 Å². The topological polar surface area (TPSA) is 71.5 Å². The van der Waals surface area contributed by atoms with Crippen molar-refractivity contribution in [3.63, 3.8) is 0 Å². The van der Waals surface area contributed by atoms with Crippen LogP contribution in [0.5, 0.6) is 5.75 Å². The summed E-state index contributed by atoms with van der Waals surface area (Å²) in [5.41, 5.74) is 2.78. The Hall–Kier alpha value is -2.40. The smallest absolute Gasteiger partial charge is 0.255 e. The second-order valence-electron chi connectivity index (χ2n) is 4.57. The van der Waals surface area contributed by atoms with Crippen LogP contribution < -0.4 is 10.1 Å². The van der Waals surface area contributed by atoms with Gasteiger partial charge in [0.15, 0.2) is 0 Å². The van der Waals surface area contributed by atoms with E-state index in [0.717, 1.165) is 17.7 Å². The maximum Gasteiger partial charge on any atom is 0.255 e. The van der Waals surface area contributed by atoms with Gasteiger partial charge >= 0.3 is 0 Å². The van der Waals surface area contributed by atoms with Gasteiger partial charge in [-0.3, -0.25) is 9.78 Å². The van der Waals surface area contributed by atoms with Crippen molar-refractivity contribution in [3.05, 3.63) is 53.3 Å². The fourth-order valence-electron chi connectivity index (χ4n) is 2.20. The lowest BCUT2D eigenvalue weighted by Crippen LogP contribution is -2.13. The summed E-state index contributed by atoms with van der Waals surface area (Å²) in [6.45, 7) is 0.522. The lowest BCUT2D eigenvalue weighted by Gasteiger charge is -2.09. The van der Waals surface area contributed by atoms with Gasteiger partial charge in [0.25, 0.3) is 5.91 Å². The van der Waals surface area contributed by atoms with Gasteiger partial charge in [-0.25, -0.2) is 0 Å². The molecule has 0 unspecified atom stereocenters. The Morgan fingerprint density at radius 2 is 2.30 bits per heavy atom. The lowest BCUT2D eigenvalue weighted by molar-refractivity contribution is 0.102. The predicted molar refractivity (Wildman–Crippen MR) is 73.8 cm³/mol. The molecule has 0 radical (unpaired) electrons. The summed E-state index contributed by atoms with van der Waals surface area (Å²) in [6.07, 6.45) is 3.93. The summed E-state index contributed by atoms with van der Waals surface area (Å²) >= 11 is 0. The fraction of sp³-hybridized carbons (Fsp3) is 0.200. The number of hydrogen-bond donors (Lipinski definition) is 2. The summed E-state index contributed by atoms with van der Waals surface area (Å²) in [5, 5.41) is 12.0. The van der Waals surface area contributed by atoms with E-state index in [-0.39, 0.29) is 12.5 Å². The number of ether oxygens (including phenoxy) is 1. The number of carbonyl (C=O) groups is 1. The van der Waals surface area contributed by atoms with Crippen LogP contribution in [0.2, 0.25) is 0 Å². The number of nitrogens with zero attached hydrogens (tertiary/aromatic N) is 1. The molecule has 20 heavy (non-hydrogen) atoms. The molecule has 1 aliphatic rings. The number of carbonyl (C=O) groups excluding carboxylic acids is 1. The van der Waals surface area contributed by atoms with Gasteiger partial charge in [0.1, 0.15) is 5.75 Å². The van der Waals surface area contributed by atoms with Crippen molar-refractivity contribution in [3.8, 4) is 5.75 Å². The lowest BCUT2D eigenvalue weighted by atomic mass is 10.1. The maximum atomic E-state index is 12.2. The zero-order valence-electron chi connectivity index (χ0n) is 10.8. The summed E-state index contributed by atoms with van der Waals surface area (Å²) < 4.78 is 5.41. The molecule has 0 aliphatic carbocycles. The van der Waals surface area contributed by atoms with E-state index >= 15 is 0 Å². The van der Waals surface area contributed by atoms with E-state index in [4.69, 9.17) is 4.74 Å². The molecule has 1 amide bonds. The Kier molecular flexibility index (Phi) is 3.35. The molecule has 3 rings (SSSR count). The Morgan fingerprint density at radius 1 is 1.40 bits per heavy atom. The van der Waals surface area contributed by atoms with Gasteiger partial charge < -0.3 is 15.2 Å². The second-order valence-corrected chi connectivity index (χ2v) is 4.57. The molecule has 0 bridgehead atoms. The van der Waals surface area contributed by atoms with Crippen molar-refractivity contribution >= 4 is 11.6 Å². The Bertz CT molecular complexity index is 655. The van der Waals surface area contributed by atoms with Gasteiger partial charge in [-0.05, 0) is 29.8 Å². The van der Waals surface area contributed by atoms with Crippen LogP contribution in [-0.2, 0) is 13.0 Å². The van der Waals surface area contributed by atoms with E-state index in [0.29, 0.717) is 23.4 Å². The molecule has 1 aromatic heterocycles. The summed E-state index contributed by atoms with van der Waals surface area (Å²) in [7, 11) is 0. The van der Waals surface area contributed by atoms with E-state index in [9.17, 15) is 9.90 Å². The van der Waals surface area contributed by atoms with Crippen molar-refractivity contribution in [1.82, 2.24) is 4.98 Å². The number of anilines is 1. The van der Waals surface area contributed by atoms with Gasteiger partial charge in [-0.15, -0.1) is 0 Å². The first kappa shape index (κ1) is 12.6. The van der Waals surface area contributed by atoms with E-state index in [1.165, 1.54) is 6.20 Å². The minimum atomic E-state index is -0.220. The number of rotatable bonds is 3. The van der Waals surface area contributed by atoms with Crippen molar-refractivity contribution in [2.75, 3.05) is 11.9 Å². The Morgan fingerprint density at radius 3 is 3.15 bits per heavy atom. The highest BCUT2D eigenvalue weighted by molar-refractivity contribution is 6.04. The Labute approximate surface area is 116 Å². The summed E-state index contributed by atoms with van der Waals surface area (Å²) in [5.74, 6) is 0.626. The van der Waals surface area contributed by atoms with Crippen LogP contribution in [0, 0.1) is 0 Å². The van der Waals surface area contributed by atoms with Crippen LogP contribution in [-0.4, -0.2) is 22.6 Å². The molecular weight excluding hydrogens is 256 g/mol. The molecule has 5 nitrogen and oxygen atoms in total. The Balaban J connectivity index is 1.83. The molecule has 0 atom stereocenters. The highest BCUT2D eigenvalue weighted by atomic mass is 16.5. The van der Waals surface area contributed by atoms with Gasteiger partial charge in [-0.1, -0.05) is 0 Å². The number of aromatic nitrogens is 1. The zero-order chi connectivity index (χ0) is 13.9. The zero-order valence-corrected chi connectivity index (χ0v) is 10.8. The SMILES string of the molecule is O=C(Nc1cnccc1CO)c1ccc2c(c1)CCO2. The van der Waals surface area contributed by atoms with Crippen molar-refractivity contribution in [2.45, 2.75) is 13.0 Å². The number of aliphatic hydroxyl groups excluding tert-OH is 1. The number of pyridine rings is 1.